The number of aromatic nitrogens is 1. The fourth-order valence-electron chi connectivity index (χ4n) is 1.94. The Morgan fingerprint density at radius 3 is 2.79 bits per heavy atom. The van der Waals surface area contributed by atoms with Gasteiger partial charge in [0.1, 0.15) is 0 Å². The number of carbonyl (C=O) groups is 1. The van der Waals surface area contributed by atoms with E-state index in [1.54, 1.807) is 24.3 Å². The van der Waals surface area contributed by atoms with Gasteiger partial charge in [0.25, 0.3) is 0 Å². The predicted molar refractivity (Wildman–Crippen MR) is 73.4 cm³/mol. The lowest BCUT2D eigenvalue weighted by atomic mass is 9.86. The molecule has 0 saturated heterocycles. The Morgan fingerprint density at radius 2 is 2.11 bits per heavy atom. The number of nitrogens with zero attached hydrogens (tertiary/aromatic N) is 1. The molecule has 19 heavy (non-hydrogen) atoms. The normalized spacial score (nSPS) is 10.7. The Kier molecular flexibility index (Phi) is 4.24. The van der Waals surface area contributed by atoms with Gasteiger partial charge < -0.3 is 14.8 Å². The molecule has 1 aromatic heterocycles. The van der Waals surface area contributed by atoms with Crippen molar-refractivity contribution < 1.29 is 19.6 Å². The Balaban J connectivity index is 2.38. The average Bonchev–Trinajstić information content (AvgIpc) is 2.78. The molecule has 0 aliphatic carbocycles. The molecule has 2 aromatic rings. The maximum atomic E-state index is 12.0. The molecular formula is C13H16BNO4. The summed E-state index contributed by atoms with van der Waals surface area (Å²) in [5, 5.41) is 19.5. The van der Waals surface area contributed by atoms with Crippen LogP contribution < -0.4 is 5.59 Å². The van der Waals surface area contributed by atoms with E-state index in [0.717, 1.165) is 18.2 Å². The average molecular weight is 261 g/mol. The van der Waals surface area contributed by atoms with Gasteiger partial charge in [-0.25, -0.2) is 4.79 Å². The second-order valence-electron chi connectivity index (χ2n) is 4.31. The number of benzene rings is 1. The van der Waals surface area contributed by atoms with Crippen LogP contribution in [0.25, 0.3) is 10.9 Å². The number of fused-ring (bicyclic) bond motifs is 1. The van der Waals surface area contributed by atoms with Gasteiger partial charge in [-0.1, -0.05) is 31.5 Å². The van der Waals surface area contributed by atoms with E-state index >= 15 is 0 Å². The monoisotopic (exact) mass is 261 g/mol. The number of ether oxygens (including phenoxy) is 1. The van der Waals surface area contributed by atoms with E-state index in [2.05, 4.69) is 0 Å². The zero-order valence-electron chi connectivity index (χ0n) is 10.7. The van der Waals surface area contributed by atoms with E-state index in [9.17, 15) is 14.8 Å². The molecule has 0 unspecified atom stereocenters. The van der Waals surface area contributed by atoms with Crippen molar-refractivity contribution in [1.29, 1.82) is 0 Å². The molecule has 1 heterocycles. The lowest BCUT2D eigenvalue weighted by Gasteiger charge is -2.09. The number of unbranched alkanes of at least 4 members (excludes halogenated alkanes) is 1. The van der Waals surface area contributed by atoms with Crippen LogP contribution in [0.1, 0.15) is 19.8 Å². The van der Waals surface area contributed by atoms with Crippen LogP contribution in [0.15, 0.2) is 30.3 Å². The molecule has 0 aliphatic heterocycles. The van der Waals surface area contributed by atoms with Gasteiger partial charge in [-0.2, -0.15) is 0 Å². The summed E-state index contributed by atoms with van der Waals surface area (Å²) in [6.45, 7) is 2.32. The van der Waals surface area contributed by atoms with Gasteiger partial charge in [0.15, 0.2) is 0 Å². The van der Waals surface area contributed by atoms with Crippen LogP contribution in [0.5, 0.6) is 0 Å². The lowest BCUT2D eigenvalue weighted by Crippen LogP contribution is -2.39. The van der Waals surface area contributed by atoms with Crippen LogP contribution in [0.2, 0.25) is 0 Å². The van der Waals surface area contributed by atoms with Crippen LogP contribution in [-0.2, 0) is 4.74 Å². The largest absolute Gasteiger partial charge is 0.506 e. The number of carbonyl (C=O) groups excluding carboxylic acids is 1. The van der Waals surface area contributed by atoms with Crippen molar-refractivity contribution in [3.8, 4) is 0 Å². The number of para-hydroxylation sites is 1. The molecule has 1 aromatic carbocycles. The second-order valence-corrected chi connectivity index (χ2v) is 4.31. The first-order chi connectivity index (χ1) is 9.15. The zero-order valence-corrected chi connectivity index (χ0v) is 10.7. The molecule has 0 fully saturated rings. The standard InChI is InChI=1S/C13H16BNO4/c1-2-3-8-19-13(16)15-11-7-5-4-6-10(11)9-12(15)14(17)18/h4-7,9,17-18H,2-3,8H2,1H3. The van der Waals surface area contributed by atoms with Crippen molar-refractivity contribution in [2.75, 3.05) is 6.61 Å². The summed E-state index contributed by atoms with van der Waals surface area (Å²) in [5.74, 6) is 0. The van der Waals surface area contributed by atoms with Crippen molar-refractivity contribution in [3.63, 3.8) is 0 Å². The van der Waals surface area contributed by atoms with E-state index in [-0.39, 0.29) is 5.59 Å². The molecule has 0 radical (unpaired) electrons. The molecular weight excluding hydrogens is 245 g/mol. The van der Waals surface area contributed by atoms with Crippen LogP contribution in [0.4, 0.5) is 4.79 Å². The van der Waals surface area contributed by atoms with Crippen LogP contribution >= 0.6 is 0 Å². The third-order valence-electron chi connectivity index (χ3n) is 2.91. The highest BCUT2D eigenvalue weighted by Crippen LogP contribution is 2.14. The first-order valence-corrected chi connectivity index (χ1v) is 6.28. The molecule has 0 saturated carbocycles. The van der Waals surface area contributed by atoms with Gasteiger partial charge in [-0.3, -0.25) is 4.57 Å². The topological polar surface area (TPSA) is 71.7 Å². The minimum atomic E-state index is -1.72. The Morgan fingerprint density at radius 1 is 1.37 bits per heavy atom. The van der Waals surface area contributed by atoms with Crippen molar-refractivity contribution in [1.82, 2.24) is 4.57 Å². The summed E-state index contributed by atoms with van der Waals surface area (Å²) in [4.78, 5) is 12.0. The maximum absolute atomic E-state index is 12.0. The quantitative estimate of drug-likeness (QED) is 0.638. The fraction of sp³-hybridized carbons (Fsp3) is 0.308. The highest BCUT2D eigenvalue weighted by Gasteiger charge is 2.23. The molecule has 6 heteroatoms. The van der Waals surface area contributed by atoms with Crippen molar-refractivity contribution in [2.45, 2.75) is 19.8 Å². The Labute approximate surface area is 111 Å². The highest BCUT2D eigenvalue weighted by molar-refractivity contribution is 6.59. The summed E-state index contributed by atoms with van der Waals surface area (Å²) in [7, 11) is -1.72. The minimum absolute atomic E-state index is 0.114. The van der Waals surface area contributed by atoms with E-state index in [0.29, 0.717) is 12.1 Å². The van der Waals surface area contributed by atoms with Crippen LogP contribution in [-0.4, -0.2) is 34.4 Å². The van der Waals surface area contributed by atoms with Gasteiger partial charge in [-0.15, -0.1) is 0 Å². The molecule has 5 nitrogen and oxygen atoms in total. The number of rotatable bonds is 4. The Bertz CT molecular complexity index is 579. The molecule has 0 aliphatic rings. The SMILES string of the molecule is CCCCOC(=O)n1c(B(O)O)cc2ccccc21. The fourth-order valence-corrected chi connectivity index (χ4v) is 1.94. The summed E-state index contributed by atoms with van der Waals surface area (Å²) in [6, 6.07) is 8.72. The van der Waals surface area contributed by atoms with Gasteiger partial charge >= 0.3 is 13.2 Å². The smallest absolute Gasteiger partial charge is 0.449 e. The van der Waals surface area contributed by atoms with Gasteiger partial charge in [0.05, 0.1) is 17.7 Å². The van der Waals surface area contributed by atoms with Crippen LogP contribution in [0, 0.1) is 0 Å². The molecule has 2 N–H and O–H groups in total. The van der Waals surface area contributed by atoms with Gasteiger partial charge in [0.2, 0.25) is 0 Å². The van der Waals surface area contributed by atoms with E-state index in [1.807, 2.05) is 13.0 Å². The predicted octanol–water partition coefficient (Wildman–Crippen LogP) is 1.11. The van der Waals surface area contributed by atoms with Crippen LogP contribution in [0.3, 0.4) is 0 Å². The van der Waals surface area contributed by atoms with E-state index < -0.39 is 13.2 Å². The molecule has 100 valence electrons. The number of hydrogen-bond donors (Lipinski definition) is 2. The molecule has 0 amide bonds. The maximum Gasteiger partial charge on any atom is 0.506 e. The summed E-state index contributed by atoms with van der Waals surface area (Å²) < 4.78 is 6.33. The van der Waals surface area contributed by atoms with Gasteiger partial charge in [-0.05, 0) is 23.9 Å². The molecule has 2 rings (SSSR count). The van der Waals surface area contributed by atoms with Crippen molar-refractivity contribution >= 4 is 29.7 Å². The van der Waals surface area contributed by atoms with Crippen molar-refractivity contribution in [2.24, 2.45) is 0 Å². The third-order valence-corrected chi connectivity index (χ3v) is 2.91. The van der Waals surface area contributed by atoms with Crippen molar-refractivity contribution in [3.05, 3.63) is 30.3 Å². The second kappa shape index (κ2) is 5.90. The molecule has 0 atom stereocenters. The highest BCUT2D eigenvalue weighted by atomic mass is 16.5. The number of hydrogen-bond acceptors (Lipinski definition) is 4. The summed E-state index contributed by atoms with van der Waals surface area (Å²) >= 11 is 0. The van der Waals surface area contributed by atoms with E-state index in [1.165, 1.54) is 4.57 Å². The summed E-state index contributed by atoms with van der Waals surface area (Å²) in [6.07, 6.45) is 1.12. The van der Waals surface area contributed by atoms with E-state index in [4.69, 9.17) is 4.74 Å². The van der Waals surface area contributed by atoms with Gasteiger partial charge in [0, 0.05) is 0 Å². The zero-order chi connectivity index (χ0) is 13.8. The first kappa shape index (κ1) is 13.6. The first-order valence-electron chi connectivity index (χ1n) is 6.28. The molecule has 0 spiro atoms. The Hall–Kier alpha value is -1.79. The molecule has 0 bridgehead atoms. The lowest BCUT2D eigenvalue weighted by molar-refractivity contribution is 0.147. The minimum Gasteiger partial charge on any atom is -0.449 e. The summed E-state index contributed by atoms with van der Waals surface area (Å²) in [5.41, 5.74) is 0.717. The third kappa shape index (κ3) is 2.80.